The summed E-state index contributed by atoms with van der Waals surface area (Å²) in [5.74, 6) is 0.134. The van der Waals surface area contributed by atoms with E-state index >= 15 is 0 Å². The van der Waals surface area contributed by atoms with Gasteiger partial charge >= 0.3 is 0 Å². The Morgan fingerprint density at radius 3 is 2.51 bits per heavy atom. The number of nitrogens with two attached hydrogens (primary N) is 1. The van der Waals surface area contributed by atoms with E-state index < -0.39 is 21.4 Å². The maximum Gasteiger partial charge on any atom is 0.213 e. The first kappa shape index (κ1) is 26.5. The zero-order chi connectivity index (χ0) is 27.0. The lowest BCUT2D eigenvalue weighted by Crippen LogP contribution is -2.43. The maximum absolute atomic E-state index is 13.5. The molecule has 3 aromatic rings. The molecule has 0 aromatic carbocycles. The fraction of sp³-hybridized carbons (Fsp3) is 0.407. The van der Waals surface area contributed by atoms with Crippen LogP contribution in [0.2, 0.25) is 0 Å². The predicted octanol–water partition coefficient (Wildman–Crippen LogP) is 4.19. The van der Waals surface area contributed by atoms with Crippen LogP contribution < -0.4 is 15.4 Å². The molecule has 1 saturated heterocycles. The highest BCUT2D eigenvalue weighted by molar-refractivity contribution is 7.92. The van der Waals surface area contributed by atoms with E-state index in [1.54, 1.807) is 24.4 Å². The summed E-state index contributed by atoms with van der Waals surface area (Å²) < 4.78 is 31.6. The Kier molecular flexibility index (Phi) is 7.23. The van der Waals surface area contributed by atoms with Crippen LogP contribution in [0.15, 0.2) is 53.7 Å². The second-order valence-electron chi connectivity index (χ2n) is 10.2. The molecule has 0 aliphatic carbocycles. The standard InChI is InChI=1S/C27H33N5O4S/c1-17(2)36-24-12-9-19(15-29-24)21-11-10-20(26(30-21)32-14-13-18(3)27(32,4)5)22(33)16-37(34,35)25-8-6-7-23(28)31-25/h6-12,15,17-18H,13-14,16H2,1-5H3,(H2,28,31). The van der Waals surface area contributed by atoms with E-state index in [9.17, 15) is 13.2 Å². The van der Waals surface area contributed by atoms with E-state index in [4.69, 9.17) is 15.5 Å². The molecule has 1 aliphatic rings. The van der Waals surface area contributed by atoms with Crippen molar-refractivity contribution in [1.82, 2.24) is 15.0 Å². The summed E-state index contributed by atoms with van der Waals surface area (Å²) in [6.45, 7) is 11.0. The number of nitrogens with zero attached hydrogens (tertiary/aromatic N) is 4. The molecule has 4 heterocycles. The maximum atomic E-state index is 13.5. The molecule has 4 rings (SSSR count). The van der Waals surface area contributed by atoms with E-state index in [0.29, 0.717) is 29.9 Å². The third kappa shape index (κ3) is 5.58. The molecule has 1 unspecified atom stereocenters. The highest BCUT2D eigenvalue weighted by Crippen LogP contribution is 2.39. The molecular formula is C27H33N5O4S. The smallest absolute Gasteiger partial charge is 0.213 e. The van der Waals surface area contributed by atoms with Gasteiger partial charge in [-0.15, -0.1) is 0 Å². The minimum Gasteiger partial charge on any atom is -0.475 e. The highest BCUT2D eigenvalue weighted by atomic mass is 32.2. The molecule has 1 atom stereocenters. The van der Waals surface area contributed by atoms with Gasteiger partial charge in [0.1, 0.15) is 17.4 Å². The number of ether oxygens (including phenoxy) is 1. The first-order valence-corrected chi connectivity index (χ1v) is 13.9. The Hall–Kier alpha value is -3.53. The number of rotatable bonds is 8. The number of aromatic nitrogens is 3. The van der Waals surface area contributed by atoms with Crippen LogP contribution in [0.25, 0.3) is 11.3 Å². The average molecular weight is 524 g/mol. The summed E-state index contributed by atoms with van der Waals surface area (Å²) >= 11 is 0. The first-order chi connectivity index (χ1) is 17.4. The van der Waals surface area contributed by atoms with Crippen LogP contribution in [0.3, 0.4) is 0 Å². The Bertz CT molecular complexity index is 1400. The van der Waals surface area contributed by atoms with Crippen LogP contribution >= 0.6 is 0 Å². The third-order valence-electron chi connectivity index (χ3n) is 6.89. The molecule has 0 spiro atoms. The summed E-state index contributed by atoms with van der Waals surface area (Å²) in [5.41, 5.74) is 7.03. The van der Waals surface area contributed by atoms with Gasteiger partial charge in [-0.1, -0.05) is 13.0 Å². The van der Waals surface area contributed by atoms with E-state index in [0.717, 1.165) is 12.0 Å². The monoisotopic (exact) mass is 523 g/mol. The topological polar surface area (TPSA) is 128 Å². The number of Topliss-reactive ketones (excluding diaryl/α,β-unsaturated/α-hetero) is 1. The largest absolute Gasteiger partial charge is 0.475 e. The van der Waals surface area contributed by atoms with Gasteiger partial charge in [0.2, 0.25) is 15.7 Å². The molecule has 10 heteroatoms. The highest BCUT2D eigenvalue weighted by Gasteiger charge is 2.41. The molecule has 196 valence electrons. The van der Waals surface area contributed by atoms with Crippen LogP contribution in [-0.2, 0) is 9.84 Å². The summed E-state index contributed by atoms with van der Waals surface area (Å²) in [7, 11) is -4.00. The molecule has 9 nitrogen and oxygen atoms in total. The van der Waals surface area contributed by atoms with Crippen molar-refractivity contribution in [1.29, 1.82) is 0 Å². The fourth-order valence-electron chi connectivity index (χ4n) is 4.41. The van der Waals surface area contributed by atoms with Crippen molar-refractivity contribution in [2.45, 2.75) is 57.7 Å². The average Bonchev–Trinajstić information content (AvgIpc) is 3.10. The lowest BCUT2D eigenvalue weighted by Gasteiger charge is -2.36. The van der Waals surface area contributed by atoms with Gasteiger partial charge in [0.15, 0.2) is 10.8 Å². The van der Waals surface area contributed by atoms with Gasteiger partial charge in [0.25, 0.3) is 0 Å². The van der Waals surface area contributed by atoms with Gasteiger partial charge in [-0.05, 0) is 70.4 Å². The second kappa shape index (κ2) is 10.1. The minimum atomic E-state index is -4.00. The van der Waals surface area contributed by atoms with Crippen molar-refractivity contribution in [3.05, 3.63) is 54.2 Å². The number of carbonyl (C=O) groups is 1. The number of sulfone groups is 1. The zero-order valence-corrected chi connectivity index (χ0v) is 22.6. The molecular weight excluding hydrogens is 490 g/mol. The van der Waals surface area contributed by atoms with E-state index in [2.05, 4.69) is 35.6 Å². The quantitative estimate of drug-likeness (QED) is 0.432. The number of ketones is 1. The number of anilines is 2. The Balaban J connectivity index is 1.73. The van der Waals surface area contributed by atoms with E-state index in [1.165, 1.54) is 18.2 Å². The van der Waals surface area contributed by atoms with Gasteiger partial charge in [0.05, 0.1) is 17.4 Å². The van der Waals surface area contributed by atoms with Crippen LogP contribution in [0, 0.1) is 5.92 Å². The predicted molar refractivity (Wildman–Crippen MR) is 143 cm³/mol. The molecule has 0 bridgehead atoms. The molecule has 1 fully saturated rings. The lowest BCUT2D eigenvalue weighted by atomic mass is 9.90. The van der Waals surface area contributed by atoms with Gasteiger partial charge in [-0.3, -0.25) is 4.79 Å². The van der Waals surface area contributed by atoms with Gasteiger partial charge in [0, 0.05) is 29.9 Å². The Labute approximate surface area is 218 Å². The molecule has 0 radical (unpaired) electrons. The second-order valence-corrected chi connectivity index (χ2v) is 12.1. The Morgan fingerprint density at radius 2 is 1.92 bits per heavy atom. The molecule has 0 amide bonds. The van der Waals surface area contributed by atoms with Crippen molar-refractivity contribution >= 4 is 27.3 Å². The van der Waals surface area contributed by atoms with Crippen molar-refractivity contribution in [2.24, 2.45) is 5.92 Å². The number of nitrogen functional groups attached to an aromatic ring is 1. The van der Waals surface area contributed by atoms with Crippen molar-refractivity contribution in [3.63, 3.8) is 0 Å². The normalized spacial score (nSPS) is 17.2. The van der Waals surface area contributed by atoms with Crippen LogP contribution in [0.1, 0.15) is 51.4 Å². The molecule has 0 saturated carbocycles. The Morgan fingerprint density at radius 1 is 1.16 bits per heavy atom. The van der Waals surface area contributed by atoms with Crippen LogP contribution in [0.5, 0.6) is 5.88 Å². The van der Waals surface area contributed by atoms with Crippen LogP contribution in [0.4, 0.5) is 11.6 Å². The fourth-order valence-corrected chi connectivity index (χ4v) is 5.59. The number of pyridine rings is 3. The molecule has 3 aromatic heterocycles. The summed E-state index contributed by atoms with van der Waals surface area (Å²) in [6.07, 6.45) is 2.62. The summed E-state index contributed by atoms with van der Waals surface area (Å²) in [5, 5.41) is -0.225. The van der Waals surface area contributed by atoms with Gasteiger partial charge in [-0.2, -0.15) is 0 Å². The zero-order valence-electron chi connectivity index (χ0n) is 21.8. The lowest BCUT2D eigenvalue weighted by molar-refractivity contribution is 0.102. The van der Waals surface area contributed by atoms with E-state index in [1.807, 2.05) is 19.9 Å². The van der Waals surface area contributed by atoms with Gasteiger partial charge < -0.3 is 15.4 Å². The first-order valence-electron chi connectivity index (χ1n) is 12.3. The molecule has 2 N–H and O–H groups in total. The number of hydrogen-bond acceptors (Lipinski definition) is 9. The van der Waals surface area contributed by atoms with Crippen molar-refractivity contribution in [2.75, 3.05) is 22.9 Å². The minimum absolute atomic E-state index is 0.00608. The molecule has 37 heavy (non-hydrogen) atoms. The summed E-state index contributed by atoms with van der Waals surface area (Å²) in [6, 6.07) is 11.4. The third-order valence-corrected chi connectivity index (χ3v) is 8.40. The summed E-state index contributed by atoms with van der Waals surface area (Å²) in [4.78, 5) is 28.7. The molecule has 1 aliphatic heterocycles. The number of hydrogen-bond donors (Lipinski definition) is 1. The van der Waals surface area contributed by atoms with Crippen LogP contribution in [-0.4, -0.2) is 53.1 Å². The van der Waals surface area contributed by atoms with Gasteiger partial charge in [-0.25, -0.2) is 23.4 Å². The number of carbonyl (C=O) groups excluding carboxylic acids is 1. The van der Waals surface area contributed by atoms with E-state index in [-0.39, 0.29) is 28.1 Å². The van der Waals surface area contributed by atoms with Crippen molar-refractivity contribution in [3.8, 4) is 17.1 Å². The van der Waals surface area contributed by atoms with Crippen molar-refractivity contribution < 1.29 is 17.9 Å². The SMILES string of the molecule is CC(C)Oc1ccc(-c2ccc(C(=O)CS(=O)(=O)c3cccc(N)n3)c(N3CCC(C)C3(C)C)n2)cn1.